The number of alkyl halides is 3. The first-order valence-corrected chi connectivity index (χ1v) is 9.74. The second kappa shape index (κ2) is 10.1. The molecule has 182 valence electrons. The van der Waals surface area contributed by atoms with Crippen LogP contribution in [0.5, 0.6) is 11.5 Å². The third kappa shape index (κ3) is 5.66. The molecule has 3 rings (SSSR count). The zero-order chi connectivity index (χ0) is 25.8. The molecule has 0 aliphatic carbocycles. The Balaban J connectivity index is 2.15. The molecule has 0 amide bonds. The molecule has 2 aromatic carbocycles. The average molecular weight is 490 g/mol. The van der Waals surface area contributed by atoms with Gasteiger partial charge in [-0.3, -0.25) is 10.1 Å². The molecule has 0 saturated carbocycles. The maximum absolute atomic E-state index is 13.1. The van der Waals surface area contributed by atoms with Crippen LogP contribution >= 0.6 is 0 Å². The molecule has 2 aromatic rings. The summed E-state index contributed by atoms with van der Waals surface area (Å²) < 4.78 is 54.2. The van der Waals surface area contributed by atoms with Gasteiger partial charge in [-0.1, -0.05) is 12.1 Å². The molecule has 0 bridgehead atoms. The van der Waals surface area contributed by atoms with Crippen LogP contribution in [0.4, 0.5) is 24.5 Å². The number of rotatable bonds is 6. The van der Waals surface area contributed by atoms with Crippen LogP contribution in [-0.4, -0.2) is 31.1 Å². The number of halogens is 3. The number of ether oxygens (including phenoxy) is 3. The van der Waals surface area contributed by atoms with E-state index < -0.39 is 34.3 Å². The molecule has 35 heavy (non-hydrogen) atoms. The van der Waals surface area contributed by atoms with Crippen LogP contribution in [0.2, 0.25) is 0 Å². The van der Waals surface area contributed by atoms with E-state index in [2.05, 4.69) is 0 Å². The predicted molar refractivity (Wildman–Crippen MR) is 116 cm³/mol. The van der Waals surface area contributed by atoms with E-state index in [9.17, 15) is 32.9 Å². The summed E-state index contributed by atoms with van der Waals surface area (Å²) in [6, 6.07) is 7.31. The molecule has 1 heterocycles. The lowest BCUT2D eigenvalue weighted by molar-refractivity contribution is -0.384. The standard InChI is InChI=1S/C23H17F3N2O7/c1-33-21(29)19-8-3-4-9-27(20(19)22(30)34-2)15-11-16(28(31)32)13-18(12-15)35-17-7-5-6-14(10-17)23(24,25)26/h3-13H,1-2H3. The summed E-state index contributed by atoms with van der Waals surface area (Å²) in [5.74, 6) is -2.24. The number of carbonyl (C=O) groups is 2. The first-order valence-electron chi connectivity index (χ1n) is 9.74. The van der Waals surface area contributed by atoms with Crippen LogP contribution in [0.25, 0.3) is 0 Å². The average Bonchev–Trinajstić information content (AvgIpc) is 3.05. The Morgan fingerprint density at radius 1 is 0.971 bits per heavy atom. The quantitative estimate of drug-likeness (QED) is 0.320. The van der Waals surface area contributed by atoms with Crippen LogP contribution in [0.15, 0.2) is 78.2 Å². The Hall–Kier alpha value is -4.61. The number of hydrogen-bond acceptors (Lipinski definition) is 8. The van der Waals surface area contributed by atoms with Crippen molar-refractivity contribution in [2.75, 3.05) is 19.1 Å². The number of nitrogens with zero attached hydrogens (tertiary/aromatic N) is 2. The van der Waals surface area contributed by atoms with Gasteiger partial charge in [0, 0.05) is 18.3 Å². The van der Waals surface area contributed by atoms with Crippen molar-refractivity contribution in [3.63, 3.8) is 0 Å². The van der Waals surface area contributed by atoms with E-state index in [1.54, 1.807) is 0 Å². The Labute approximate surface area is 196 Å². The second-order valence-electron chi connectivity index (χ2n) is 6.89. The molecule has 0 fully saturated rings. The molecular weight excluding hydrogens is 473 g/mol. The first-order chi connectivity index (χ1) is 16.5. The van der Waals surface area contributed by atoms with Crippen molar-refractivity contribution in [3.8, 4) is 11.5 Å². The molecule has 0 spiro atoms. The van der Waals surface area contributed by atoms with E-state index in [0.29, 0.717) is 0 Å². The molecule has 1 aliphatic rings. The molecule has 12 heteroatoms. The zero-order valence-electron chi connectivity index (χ0n) is 18.2. The molecule has 1 aliphatic heterocycles. The molecule has 0 atom stereocenters. The second-order valence-corrected chi connectivity index (χ2v) is 6.89. The largest absolute Gasteiger partial charge is 0.465 e. The predicted octanol–water partition coefficient (Wildman–Crippen LogP) is 4.90. The van der Waals surface area contributed by atoms with Gasteiger partial charge in [0.05, 0.1) is 42.0 Å². The Morgan fingerprint density at radius 3 is 2.31 bits per heavy atom. The van der Waals surface area contributed by atoms with E-state index in [0.717, 1.165) is 49.5 Å². The van der Waals surface area contributed by atoms with E-state index in [1.165, 1.54) is 36.6 Å². The maximum atomic E-state index is 13.1. The fourth-order valence-electron chi connectivity index (χ4n) is 3.11. The highest BCUT2D eigenvalue weighted by Crippen LogP contribution is 2.36. The van der Waals surface area contributed by atoms with Crippen LogP contribution in [0, 0.1) is 10.1 Å². The van der Waals surface area contributed by atoms with Crippen LogP contribution < -0.4 is 9.64 Å². The number of nitro groups is 1. The lowest BCUT2D eigenvalue weighted by Crippen LogP contribution is -2.27. The summed E-state index contributed by atoms with van der Waals surface area (Å²) in [5.41, 5.74) is -1.98. The fraction of sp³-hybridized carbons (Fsp3) is 0.130. The molecule has 0 unspecified atom stereocenters. The minimum absolute atomic E-state index is 0.0112. The number of allylic oxidation sites excluding steroid dienone is 2. The van der Waals surface area contributed by atoms with Crippen molar-refractivity contribution in [1.82, 2.24) is 0 Å². The highest BCUT2D eigenvalue weighted by molar-refractivity contribution is 6.05. The van der Waals surface area contributed by atoms with Gasteiger partial charge in [-0.2, -0.15) is 13.2 Å². The summed E-state index contributed by atoms with van der Waals surface area (Å²) in [6.45, 7) is 0. The number of benzene rings is 2. The summed E-state index contributed by atoms with van der Waals surface area (Å²) in [6.07, 6.45) is 0.900. The number of esters is 2. The van der Waals surface area contributed by atoms with Gasteiger partial charge < -0.3 is 19.1 Å². The molecule has 0 radical (unpaired) electrons. The van der Waals surface area contributed by atoms with Gasteiger partial charge in [-0.05, 0) is 30.4 Å². The summed E-state index contributed by atoms with van der Waals surface area (Å²) >= 11 is 0. The summed E-state index contributed by atoms with van der Waals surface area (Å²) in [5, 5.41) is 11.6. The minimum atomic E-state index is -4.62. The molecule has 0 saturated heterocycles. The van der Waals surface area contributed by atoms with E-state index >= 15 is 0 Å². The highest BCUT2D eigenvalue weighted by Gasteiger charge is 2.31. The van der Waals surface area contributed by atoms with Crippen molar-refractivity contribution >= 4 is 23.3 Å². The summed E-state index contributed by atoms with van der Waals surface area (Å²) in [7, 11) is 2.19. The van der Waals surface area contributed by atoms with Crippen molar-refractivity contribution in [2.45, 2.75) is 6.18 Å². The van der Waals surface area contributed by atoms with Crippen molar-refractivity contribution < 1.29 is 41.9 Å². The number of carbonyl (C=O) groups excluding carboxylic acids is 2. The van der Waals surface area contributed by atoms with E-state index in [4.69, 9.17) is 14.2 Å². The third-order valence-electron chi connectivity index (χ3n) is 4.65. The van der Waals surface area contributed by atoms with Crippen LogP contribution in [0.3, 0.4) is 0 Å². The van der Waals surface area contributed by atoms with E-state index in [1.807, 2.05) is 0 Å². The Bertz CT molecular complexity index is 1270. The maximum Gasteiger partial charge on any atom is 0.416 e. The number of nitro benzene ring substituents is 1. The van der Waals surface area contributed by atoms with Crippen molar-refractivity contribution in [3.05, 3.63) is 93.8 Å². The molecule has 0 aromatic heterocycles. The number of non-ortho nitro benzene ring substituents is 1. The molecular formula is C23H17F3N2O7. The number of anilines is 1. The highest BCUT2D eigenvalue weighted by atomic mass is 19.4. The van der Waals surface area contributed by atoms with Gasteiger partial charge in [-0.25, -0.2) is 9.59 Å². The van der Waals surface area contributed by atoms with Crippen LogP contribution in [0.1, 0.15) is 5.56 Å². The lowest BCUT2D eigenvalue weighted by atomic mass is 10.1. The van der Waals surface area contributed by atoms with Gasteiger partial charge in [0.1, 0.15) is 17.2 Å². The molecule has 9 nitrogen and oxygen atoms in total. The smallest absolute Gasteiger partial charge is 0.416 e. The van der Waals surface area contributed by atoms with Gasteiger partial charge in [-0.15, -0.1) is 0 Å². The van der Waals surface area contributed by atoms with Crippen LogP contribution in [-0.2, 0) is 25.2 Å². The van der Waals surface area contributed by atoms with Crippen molar-refractivity contribution in [2.24, 2.45) is 0 Å². The van der Waals surface area contributed by atoms with Gasteiger partial charge in [0.2, 0.25) is 0 Å². The van der Waals surface area contributed by atoms with E-state index in [-0.39, 0.29) is 28.5 Å². The monoisotopic (exact) mass is 490 g/mol. The topological polar surface area (TPSA) is 108 Å². The Kier molecular flexibility index (Phi) is 7.23. The van der Waals surface area contributed by atoms with Gasteiger partial charge >= 0.3 is 18.1 Å². The Morgan fingerprint density at radius 2 is 1.69 bits per heavy atom. The summed E-state index contributed by atoms with van der Waals surface area (Å²) in [4.78, 5) is 36.9. The lowest BCUT2D eigenvalue weighted by Gasteiger charge is -2.23. The fourth-order valence-corrected chi connectivity index (χ4v) is 3.11. The number of hydrogen-bond donors (Lipinski definition) is 0. The van der Waals surface area contributed by atoms with Gasteiger partial charge in [0.15, 0.2) is 0 Å². The third-order valence-corrected chi connectivity index (χ3v) is 4.65. The normalized spacial score (nSPS) is 13.3. The zero-order valence-corrected chi connectivity index (χ0v) is 18.2. The first kappa shape index (κ1) is 25.0. The molecule has 0 N–H and O–H groups in total. The SMILES string of the molecule is COC(=O)C1=C(C(=O)OC)N(c2cc(Oc3cccc(C(F)(F)F)c3)cc([N+](=O)[O-])c2)C=CC=C1. The number of methoxy groups -OCH3 is 2. The van der Waals surface area contributed by atoms with Crippen molar-refractivity contribution in [1.29, 1.82) is 0 Å². The van der Waals surface area contributed by atoms with Gasteiger partial charge in [0.25, 0.3) is 5.69 Å². The minimum Gasteiger partial charge on any atom is -0.465 e.